The molecule has 0 aliphatic carbocycles. The zero-order valence-electron chi connectivity index (χ0n) is 10.4. The largest absolute Gasteiger partial charge is 0.479 e. The van der Waals surface area contributed by atoms with Crippen LogP contribution in [-0.2, 0) is 0 Å². The normalized spacial score (nSPS) is 11.2. The minimum absolute atomic E-state index is 0.548. The lowest BCUT2D eigenvalue weighted by Crippen LogP contribution is -1.95. The van der Waals surface area contributed by atoms with E-state index in [-0.39, 0.29) is 0 Å². The second kappa shape index (κ2) is 5.20. The number of para-hydroxylation sites is 2. The lowest BCUT2D eigenvalue weighted by molar-refractivity contribution is 0.396. The summed E-state index contributed by atoms with van der Waals surface area (Å²) in [5, 5.41) is 2.04. The molecule has 0 saturated heterocycles. The van der Waals surface area contributed by atoms with Crippen LogP contribution in [0.1, 0.15) is 10.6 Å². The summed E-state index contributed by atoms with van der Waals surface area (Å²) in [5.41, 5.74) is 2.45. The van der Waals surface area contributed by atoms with Crippen molar-refractivity contribution in [1.82, 2.24) is 9.97 Å². The molecule has 3 aromatic rings. The second-order valence-electron chi connectivity index (χ2n) is 3.96. The van der Waals surface area contributed by atoms with E-state index < -0.39 is 0 Å². The van der Waals surface area contributed by atoms with Crippen molar-refractivity contribution in [2.45, 2.75) is 0 Å². The van der Waals surface area contributed by atoms with Crippen LogP contribution in [-0.4, -0.2) is 17.1 Å². The Labute approximate surface area is 115 Å². The number of hydrogen-bond acceptors (Lipinski definition) is 4. The highest BCUT2D eigenvalue weighted by Crippen LogP contribution is 2.21. The van der Waals surface area contributed by atoms with Gasteiger partial charge in [-0.3, -0.25) is 0 Å². The molecule has 0 fully saturated rings. The summed E-state index contributed by atoms with van der Waals surface area (Å²) in [6, 6.07) is 11.9. The molecule has 0 aliphatic rings. The first-order chi connectivity index (χ1) is 9.36. The Morgan fingerprint density at radius 2 is 1.79 bits per heavy atom. The van der Waals surface area contributed by atoms with Crippen molar-refractivity contribution < 1.29 is 4.74 Å². The molecular formula is C15H12N2OS. The SMILES string of the molecule is COc1nc2ccccc2nc1/C=C/c1cccs1. The number of thiophene rings is 1. The smallest absolute Gasteiger partial charge is 0.240 e. The van der Waals surface area contributed by atoms with E-state index >= 15 is 0 Å². The standard InChI is InChI=1S/C15H12N2OS/c1-18-15-14(9-8-11-5-4-10-19-11)16-12-6-2-3-7-13(12)17-15/h2-10H,1H3/b9-8+. The van der Waals surface area contributed by atoms with E-state index in [9.17, 15) is 0 Å². The average Bonchev–Trinajstić information content (AvgIpc) is 2.97. The highest BCUT2D eigenvalue weighted by molar-refractivity contribution is 7.10. The molecule has 0 saturated carbocycles. The predicted molar refractivity (Wildman–Crippen MR) is 79.3 cm³/mol. The van der Waals surface area contributed by atoms with Crippen LogP contribution in [0.2, 0.25) is 0 Å². The van der Waals surface area contributed by atoms with Gasteiger partial charge < -0.3 is 4.74 Å². The number of benzene rings is 1. The summed E-state index contributed by atoms with van der Waals surface area (Å²) in [5.74, 6) is 0.548. The number of nitrogens with zero attached hydrogens (tertiary/aromatic N) is 2. The quantitative estimate of drug-likeness (QED) is 0.723. The van der Waals surface area contributed by atoms with Gasteiger partial charge in [0.2, 0.25) is 5.88 Å². The molecule has 0 radical (unpaired) electrons. The molecule has 2 aromatic heterocycles. The molecule has 94 valence electrons. The molecule has 3 rings (SSSR count). The van der Waals surface area contributed by atoms with Crippen molar-refractivity contribution in [2.75, 3.05) is 7.11 Å². The van der Waals surface area contributed by atoms with Crippen molar-refractivity contribution in [3.8, 4) is 5.88 Å². The maximum Gasteiger partial charge on any atom is 0.240 e. The fourth-order valence-electron chi connectivity index (χ4n) is 1.80. The van der Waals surface area contributed by atoms with Gasteiger partial charge in [-0.15, -0.1) is 11.3 Å². The number of fused-ring (bicyclic) bond motifs is 1. The molecule has 1 aromatic carbocycles. The van der Waals surface area contributed by atoms with Crippen LogP contribution in [0.4, 0.5) is 0 Å². The van der Waals surface area contributed by atoms with Crippen LogP contribution in [0.5, 0.6) is 5.88 Å². The van der Waals surface area contributed by atoms with E-state index in [1.54, 1.807) is 18.4 Å². The Bertz CT molecular complexity index is 720. The van der Waals surface area contributed by atoms with Crippen LogP contribution in [0.3, 0.4) is 0 Å². The van der Waals surface area contributed by atoms with E-state index in [4.69, 9.17) is 4.74 Å². The first-order valence-corrected chi connectivity index (χ1v) is 6.77. The maximum atomic E-state index is 5.30. The van der Waals surface area contributed by atoms with Crippen LogP contribution in [0.15, 0.2) is 41.8 Å². The zero-order chi connectivity index (χ0) is 13.1. The topological polar surface area (TPSA) is 35.0 Å². The van der Waals surface area contributed by atoms with Crippen molar-refractivity contribution in [1.29, 1.82) is 0 Å². The molecule has 19 heavy (non-hydrogen) atoms. The Balaban J connectivity index is 2.06. The van der Waals surface area contributed by atoms with Crippen molar-refractivity contribution in [3.05, 3.63) is 52.3 Å². The molecule has 0 atom stereocenters. The summed E-state index contributed by atoms with van der Waals surface area (Å²) in [7, 11) is 1.61. The molecule has 0 bridgehead atoms. The Hall–Kier alpha value is -2.20. The van der Waals surface area contributed by atoms with Crippen LogP contribution >= 0.6 is 11.3 Å². The molecule has 0 aliphatic heterocycles. The van der Waals surface area contributed by atoms with Gasteiger partial charge in [0.15, 0.2) is 0 Å². The summed E-state index contributed by atoms with van der Waals surface area (Å²) in [4.78, 5) is 10.2. The van der Waals surface area contributed by atoms with E-state index in [1.165, 1.54) is 4.88 Å². The molecular weight excluding hydrogens is 256 g/mol. The predicted octanol–water partition coefficient (Wildman–Crippen LogP) is 3.87. The minimum Gasteiger partial charge on any atom is -0.479 e. The third kappa shape index (κ3) is 2.48. The molecule has 2 heterocycles. The van der Waals surface area contributed by atoms with E-state index in [0.717, 1.165) is 16.7 Å². The minimum atomic E-state index is 0.548. The van der Waals surface area contributed by atoms with Crippen LogP contribution in [0.25, 0.3) is 23.2 Å². The van der Waals surface area contributed by atoms with Gasteiger partial charge in [0, 0.05) is 4.88 Å². The number of aromatic nitrogens is 2. The van der Waals surface area contributed by atoms with Crippen molar-refractivity contribution in [3.63, 3.8) is 0 Å². The number of hydrogen-bond donors (Lipinski definition) is 0. The van der Waals surface area contributed by atoms with Crippen LogP contribution < -0.4 is 4.74 Å². The summed E-state index contributed by atoms with van der Waals surface area (Å²) in [6.07, 6.45) is 3.95. The van der Waals surface area contributed by atoms with Gasteiger partial charge in [0.25, 0.3) is 0 Å². The summed E-state index contributed by atoms with van der Waals surface area (Å²) >= 11 is 1.68. The Kier molecular flexibility index (Phi) is 3.25. The molecule has 0 spiro atoms. The molecule has 3 nitrogen and oxygen atoms in total. The van der Waals surface area contributed by atoms with Gasteiger partial charge in [0.1, 0.15) is 5.69 Å². The molecule has 4 heteroatoms. The summed E-state index contributed by atoms with van der Waals surface area (Å²) in [6.45, 7) is 0. The van der Waals surface area contributed by atoms with Gasteiger partial charge in [-0.05, 0) is 35.7 Å². The van der Waals surface area contributed by atoms with E-state index in [0.29, 0.717) is 5.88 Å². The first kappa shape index (κ1) is 11.9. The lowest BCUT2D eigenvalue weighted by atomic mass is 10.2. The summed E-state index contributed by atoms with van der Waals surface area (Å²) < 4.78 is 5.30. The molecule has 0 amide bonds. The van der Waals surface area contributed by atoms with Gasteiger partial charge >= 0.3 is 0 Å². The third-order valence-electron chi connectivity index (χ3n) is 2.71. The number of methoxy groups -OCH3 is 1. The van der Waals surface area contributed by atoms with Crippen LogP contribution in [0, 0.1) is 0 Å². The van der Waals surface area contributed by atoms with Gasteiger partial charge in [-0.2, -0.15) is 0 Å². The Morgan fingerprint density at radius 3 is 2.47 bits per heavy atom. The van der Waals surface area contributed by atoms with Gasteiger partial charge in [-0.25, -0.2) is 9.97 Å². The molecule has 0 unspecified atom stereocenters. The number of rotatable bonds is 3. The van der Waals surface area contributed by atoms with E-state index in [1.807, 2.05) is 47.9 Å². The number of ether oxygens (including phenoxy) is 1. The van der Waals surface area contributed by atoms with Crippen molar-refractivity contribution in [2.24, 2.45) is 0 Å². The Morgan fingerprint density at radius 1 is 1.00 bits per heavy atom. The lowest BCUT2D eigenvalue weighted by Gasteiger charge is -2.04. The van der Waals surface area contributed by atoms with Gasteiger partial charge in [-0.1, -0.05) is 18.2 Å². The molecule has 0 N–H and O–H groups in total. The van der Waals surface area contributed by atoms with E-state index in [2.05, 4.69) is 16.0 Å². The fourth-order valence-corrected chi connectivity index (χ4v) is 2.42. The zero-order valence-corrected chi connectivity index (χ0v) is 11.2. The fraction of sp³-hybridized carbons (Fsp3) is 0.0667. The maximum absolute atomic E-state index is 5.30. The second-order valence-corrected chi connectivity index (χ2v) is 4.93. The van der Waals surface area contributed by atoms with Gasteiger partial charge in [0.05, 0.1) is 18.1 Å². The van der Waals surface area contributed by atoms with Crippen molar-refractivity contribution >= 4 is 34.5 Å². The third-order valence-corrected chi connectivity index (χ3v) is 3.54. The highest BCUT2D eigenvalue weighted by Gasteiger charge is 2.06. The monoisotopic (exact) mass is 268 g/mol. The first-order valence-electron chi connectivity index (χ1n) is 5.89. The average molecular weight is 268 g/mol. The highest BCUT2D eigenvalue weighted by atomic mass is 32.1.